The van der Waals surface area contributed by atoms with Crippen molar-refractivity contribution in [2.75, 3.05) is 26.2 Å². The number of benzene rings is 1. The summed E-state index contributed by atoms with van der Waals surface area (Å²) in [6.07, 6.45) is 5.28. The van der Waals surface area contributed by atoms with Gasteiger partial charge in [-0.05, 0) is 37.0 Å². The van der Waals surface area contributed by atoms with E-state index in [1.807, 2.05) is 6.08 Å². The molecule has 0 amide bonds. The second kappa shape index (κ2) is 8.30. The molecule has 2 heteroatoms. The van der Waals surface area contributed by atoms with Gasteiger partial charge in [0, 0.05) is 38.8 Å². The Kier molecular flexibility index (Phi) is 6.41. The molecule has 1 atom stereocenters. The Morgan fingerprint density at radius 2 is 1.82 bits per heavy atom. The highest BCUT2D eigenvalue weighted by atomic mass is 15.3. The molecule has 1 aliphatic rings. The Morgan fingerprint density at radius 1 is 1.18 bits per heavy atom. The molecule has 0 radical (unpaired) electrons. The first-order valence-corrected chi connectivity index (χ1v) is 8.52. The minimum atomic E-state index is 0.722. The zero-order valence-corrected chi connectivity index (χ0v) is 14.4. The Hall–Kier alpha value is -1.38. The quantitative estimate of drug-likeness (QED) is 0.727. The van der Waals surface area contributed by atoms with Crippen LogP contribution in [0.1, 0.15) is 38.3 Å². The summed E-state index contributed by atoms with van der Waals surface area (Å²) < 4.78 is 0. The van der Waals surface area contributed by atoms with Gasteiger partial charge in [-0.1, -0.05) is 49.9 Å². The summed E-state index contributed by atoms with van der Waals surface area (Å²) in [4.78, 5) is 5.18. The summed E-state index contributed by atoms with van der Waals surface area (Å²) in [5.74, 6) is 0. The van der Waals surface area contributed by atoms with Gasteiger partial charge < -0.3 is 0 Å². The molecule has 0 bridgehead atoms. The Bertz CT molecular complexity index is 493. The first-order chi connectivity index (χ1) is 10.7. The lowest BCUT2D eigenvalue weighted by atomic mass is 10.0. The van der Waals surface area contributed by atoms with Gasteiger partial charge in [0.25, 0.3) is 0 Å². The van der Waals surface area contributed by atoms with Crippen LogP contribution in [0.4, 0.5) is 0 Å². The van der Waals surface area contributed by atoms with Crippen LogP contribution in [0.15, 0.2) is 43.0 Å². The van der Waals surface area contributed by atoms with Crippen LogP contribution in [0, 0.1) is 0 Å². The lowest BCUT2D eigenvalue weighted by Gasteiger charge is -2.37. The zero-order valence-electron chi connectivity index (χ0n) is 14.4. The van der Waals surface area contributed by atoms with Crippen LogP contribution in [-0.4, -0.2) is 42.0 Å². The van der Waals surface area contributed by atoms with Gasteiger partial charge in [-0.3, -0.25) is 9.80 Å². The molecule has 0 spiro atoms. The molecule has 0 aromatic heterocycles. The summed E-state index contributed by atoms with van der Waals surface area (Å²) in [6.45, 7) is 16.4. The molecule has 0 aliphatic carbocycles. The van der Waals surface area contributed by atoms with E-state index in [0.29, 0.717) is 0 Å². The van der Waals surface area contributed by atoms with Crippen LogP contribution in [0.2, 0.25) is 0 Å². The van der Waals surface area contributed by atoms with Gasteiger partial charge in [-0.2, -0.15) is 0 Å². The third-order valence-corrected chi connectivity index (χ3v) is 4.85. The van der Waals surface area contributed by atoms with E-state index in [9.17, 15) is 0 Å². The first kappa shape index (κ1) is 17.0. The minimum Gasteiger partial charge on any atom is -0.298 e. The van der Waals surface area contributed by atoms with Crippen molar-refractivity contribution in [1.82, 2.24) is 9.80 Å². The Balaban J connectivity index is 1.89. The Morgan fingerprint density at radius 3 is 2.32 bits per heavy atom. The lowest BCUT2D eigenvalue weighted by Crippen LogP contribution is -2.48. The molecule has 120 valence electrons. The van der Waals surface area contributed by atoms with E-state index < -0.39 is 0 Å². The maximum absolute atomic E-state index is 3.87. The van der Waals surface area contributed by atoms with Crippen LogP contribution in [0.25, 0.3) is 5.57 Å². The largest absolute Gasteiger partial charge is 0.298 e. The number of piperazine rings is 1. The van der Waals surface area contributed by atoms with Crippen LogP contribution in [0.5, 0.6) is 0 Å². The fraction of sp³-hybridized carbons (Fsp3) is 0.500. The molecule has 1 aromatic rings. The molecule has 0 N–H and O–H groups in total. The third-order valence-electron chi connectivity index (χ3n) is 4.85. The number of allylic oxidation sites excluding steroid dienone is 3. The van der Waals surface area contributed by atoms with Gasteiger partial charge in [-0.15, -0.1) is 0 Å². The number of hydrogen-bond donors (Lipinski definition) is 0. The summed E-state index contributed by atoms with van der Waals surface area (Å²) in [5.41, 5.74) is 3.86. The van der Waals surface area contributed by atoms with E-state index in [2.05, 4.69) is 67.5 Å². The molecule has 1 aromatic carbocycles. The normalized spacial score (nSPS) is 19.1. The van der Waals surface area contributed by atoms with Crippen molar-refractivity contribution < 1.29 is 0 Å². The number of nitrogens with zero attached hydrogens (tertiary/aromatic N) is 2. The van der Waals surface area contributed by atoms with Crippen molar-refractivity contribution in [3.63, 3.8) is 0 Å². The highest BCUT2D eigenvalue weighted by molar-refractivity contribution is 5.73. The molecule has 1 fully saturated rings. The standard InChI is InChI=1S/C20H30N2/c1-5-17(4)22-14-12-21(13-15-22)16-18-8-10-20(11-9-18)19(6-2)7-3/h6-11,17H,2,5,12-16H2,1,3-4H3/b19-7+. The van der Waals surface area contributed by atoms with Gasteiger partial charge >= 0.3 is 0 Å². The summed E-state index contributed by atoms with van der Waals surface area (Å²) in [5, 5.41) is 0. The molecule has 1 aliphatic heterocycles. The van der Waals surface area contributed by atoms with Crippen LogP contribution in [0.3, 0.4) is 0 Å². The van der Waals surface area contributed by atoms with Crippen LogP contribution >= 0.6 is 0 Å². The fourth-order valence-corrected chi connectivity index (χ4v) is 3.08. The maximum atomic E-state index is 3.87. The molecule has 2 rings (SSSR count). The van der Waals surface area contributed by atoms with Gasteiger partial charge in [0.2, 0.25) is 0 Å². The van der Waals surface area contributed by atoms with Crippen LogP contribution in [-0.2, 0) is 6.54 Å². The van der Waals surface area contributed by atoms with Gasteiger partial charge in [0.05, 0.1) is 0 Å². The predicted molar refractivity (Wildman–Crippen MR) is 96.9 cm³/mol. The van der Waals surface area contributed by atoms with E-state index in [-0.39, 0.29) is 0 Å². The zero-order chi connectivity index (χ0) is 15.9. The average molecular weight is 298 g/mol. The molecule has 1 unspecified atom stereocenters. The molecular weight excluding hydrogens is 268 g/mol. The summed E-state index contributed by atoms with van der Waals surface area (Å²) in [6, 6.07) is 9.65. The van der Waals surface area contributed by atoms with E-state index in [1.165, 1.54) is 49.3 Å². The first-order valence-electron chi connectivity index (χ1n) is 8.52. The predicted octanol–water partition coefficient (Wildman–Crippen LogP) is 4.19. The average Bonchev–Trinajstić information content (AvgIpc) is 2.57. The minimum absolute atomic E-state index is 0.722. The SMILES string of the molecule is C=C/C(=C\C)c1ccc(CN2CCN(C(C)CC)CC2)cc1. The van der Waals surface area contributed by atoms with E-state index in [1.54, 1.807) is 0 Å². The topological polar surface area (TPSA) is 6.48 Å². The summed E-state index contributed by atoms with van der Waals surface area (Å²) >= 11 is 0. The van der Waals surface area contributed by atoms with Gasteiger partial charge in [0.1, 0.15) is 0 Å². The van der Waals surface area contributed by atoms with Crippen molar-refractivity contribution in [1.29, 1.82) is 0 Å². The van der Waals surface area contributed by atoms with E-state index in [4.69, 9.17) is 0 Å². The number of rotatable bonds is 6. The molecule has 1 saturated heterocycles. The smallest absolute Gasteiger partial charge is 0.0234 e. The van der Waals surface area contributed by atoms with E-state index >= 15 is 0 Å². The van der Waals surface area contributed by atoms with E-state index in [0.717, 1.165) is 12.6 Å². The lowest BCUT2D eigenvalue weighted by molar-refractivity contribution is 0.0964. The summed E-state index contributed by atoms with van der Waals surface area (Å²) in [7, 11) is 0. The van der Waals surface area contributed by atoms with Crippen molar-refractivity contribution in [2.24, 2.45) is 0 Å². The second-order valence-electron chi connectivity index (χ2n) is 6.21. The maximum Gasteiger partial charge on any atom is 0.0234 e. The molecule has 0 saturated carbocycles. The highest BCUT2D eigenvalue weighted by Crippen LogP contribution is 2.17. The van der Waals surface area contributed by atoms with Crippen LogP contribution < -0.4 is 0 Å². The molecule has 1 heterocycles. The van der Waals surface area contributed by atoms with Crippen molar-refractivity contribution in [3.05, 3.63) is 54.1 Å². The van der Waals surface area contributed by atoms with Gasteiger partial charge in [0.15, 0.2) is 0 Å². The Labute approximate surface area is 136 Å². The van der Waals surface area contributed by atoms with Crippen molar-refractivity contribution in [3.8, 4) is 0 Å². The third kappa shape index (κ3) is 4.31. The fourth-order valence-electron chi connectivity index (χ4n) is 3.08. The number of hydrogen-bond acceptors (Lipinski definition) is 2. The van der Waals surface area contributed by atoms with Crippen molar-refractivity contribution in [2.45, 2.75) is 39.8 Å². The molecular formula is C20H30N2. The highest BCUT2D eigenvalue weighted by Gasteiger charge is 2.19. The molecule has 2 nitrogen and oxygen atoms in total. The molecule has 22 heavy (non-hydrogen) atoms. The van der Waals surface area contributed by atoms with Crippen molar-refractivity contribution >= 4 is 5.57 Å². The van der Waals surface area contributed by atoms with Gasteiger partial charge in [-0.25, -0.2) is 0 Å². The second-order valence-corrected chi connectivity index (χ2v) is 6.21. The monoisotopic (exact) mass is 298 g/mol.